The second-order valence-electron chi connectivity index (χ2n) is 4.75. The summed E-state index contributed by atoms with van der Waals surface area (Å²) < 4.78 is 0. The van der Waals surface area contributed by atoms with Crippen LogP contribution in [0.3, 0.4) is 0 Å². The predicted molar refractivity (Wildman–Crippen MR) is 61.9 cm³/mol. The fourth-order valence-electron chi connectivity index (χ4n) is 2.12. The van der Waals surface area contributed by atoms with Crippen LogP contribution in [0.2, 0.25) is 0 Å². The lowest BCUT2D eigenvalue weighted by atomic mass is 9.96. The van der Waals surface area contributed by atoms with E-state index in [0.717, 1.165) is 13.0 Å². The third kappa shape index (κ3) is 1.69. The van der Waals surface area contributed by atoms with Gasteiger partial charge in [0.05, 0.1) is 11.1 Å². The van der Waals surface area contributed by atoms with Crippen molar-refractivity contribution in [2.24, 2.45) is 5.73 Å². The molecule has 0 bridgehead atoms. The standard InChI is InChI=1S/C12H17N3O/c1-12(2)10(13)5-7-15(12)11(16)9-4-3-6-14-8-9/h3-4,6,8,10H,5,7,13H2,1-2H3. The number of hydrogen-bond acceptors (Lipinski definition) is 3. The molecule has 1 saturated heterocycles. The Bertz CT molecular complexity index is 389. The van der Waals surface area contributed by atoms with Crippen LogP contribution in [0.4, 0.5) is 0 Å². The van der Waals surface area contributed by atoms with Gasteiger partial charge in [0, 0.05) is 25.0 Å². The molecule has 1 unspecified atom stereocenters. The Hall–Kier alpha value is -1.42. The van der Waals surface area contributed by atoms with Crippen molar-refractivity contribution in [2.75, 3.05) is 6.54 Å². The SMILES string of the molecule is CC1(C)C(N)CCN1C(=O)c1cccnc1. The third-order valence-corrected chi connectivity index (χ3v) is 3.42. The summed E-state index contributed by atoms with van der Waals surface area (Å²) in [5.41, 5.74) is 6.37. The summed E-state index contributed by atoms with van der Waals surface area (Å²) in [5.74, 6) is 0.0195. The number of nitrogens with zero attached hydrogens (tertiary/aromatic N) is 2. The molecular weight excluding hydrogens is 202 g/mol. The van der Waals surface area contributed by atoms with Gasteiger partial charge in [0.2, 0.25) is 0 Å². The molecule has 86 valence electrons. The summed E-state index contributed by atoms with van der Waals surface area (Å²) >= 11 is 0. The van der Waals surface area contributed by atoms with Crippen LogP contribution in [0.1, 0.15) is 30.6 Å². The first-order valence-corrected chi connectivity index (χ1v) is 5.51. The third-order valence-electron chi connectivity index (χ3n) is 3.42. The van der Waals surface area contributed by atoms with Gasteiger partial charge in [0.1, 0.15) is 0 Å². The molecule has 1 aromatic heterocycles. The van der Waals surface area contributed by atoms with Crippen LogP contribution in [0, 0.1) is 0 Å². The molecule has 2 rings (SSSR count). The average Bonchev–Trinajstić information content (AvgIpc) is 2.54. The van der Waals surface area contributed by atoms with Gasteiger partial charge in [0.15, 0.2) is 0 Å². The maximum Gasteiger partial charge on any atom is 0.255 e. The van der Waals surface area contributed by atoms with E-state index in [2.05, 4.69) is 4.98 Å². The smallest absolute Gasteiger partial charge is 0.255 e. The molecule has 0 aromatic carbocycles. The van der Waals surface area contributed by atoms with Gasteiger partial charge in [0.25, 0.3) is 5.91 Å². The lowest BCUT2D eigenvalue weighted by Crippen LogP contribution is -2.51. The highest BCUT2D eigenvalue weighted by molar-refractivity contribution is 5.94. The van der Waals surface area contributed by atoms with Gasteiger partial charge in [-0.2, -0.15) is 0 Å². The summed E-state index contributed by atoms with van der Waals surface area (Å²) in [7, 11) is 0. The van der Waals surface area contributed by atoms with Gasteiger partial charge in [-0.25, -0.2) is 0 Å². The molecule has 0 spiro atoms. The Labute approximate surface area is 95.5 Å². The quantitative estimate of drug-likeness (QED) is 0.767. The molecular formula is C12H17N3O. The van der Waals surface area contributed by atoms with Crippen molar-refractivity contribution >= 4 is 5.91 Å². The summed E-state index contributed by atoms with van der Waals surface area (Å²) in [6.07, 6.45) is 4.12. The van der Waals surface area contributed by atoms with E-state index >= 15 is 0 Å². The highest BCUT2D eigenvalue weighted by Crippen LogP contribution is 2.28. The molecule has 0 aliphatic carbocycles. The molecule has 2 N–H and O–H groups in total. The Balaban J connectivity index is 2.24. The lowest BCUT2D eigenvalue weighted by molar-refractivity contribution is 0.0636. The van der Waals surface area contributed by atoms with E-state index < -0.39 is 0 Å². The van der Waals surface area contributed by atoms with Crippen LogP contribution >= 0.6 is 0 Å². The second-order valence-corrected chi connectivity index (χ2v) is 4.75. The zero-order chi connectivity index (χ0) is 11.8. The van der Waals surface area contributed by atoms with E-state index in [4.69, 9.17) is 5.73 Å². The van der Waals surface area contributed by atoms with Crippen LogP contribution in [0.25, 0.3) is 0 Å². The Morgan fingerprint density at radius 2 is 2.38 bits per heavy atom. The summed E-state index contributed by atoms with van der Waals surface area (Å²) in [4.78, 5) is 18.0. The molecule has 0 radical (unpaired) electrons. The molecule has 2 heterocycles. The Morgan fingerprint density at radius 3 is 2.88 bits per heavy atom. The van der Waals surface area contributed by atoms with Crippen LogP contribution in [-0.4, -0.2) is 33.9 Å². The van der Waals surface area contributed by atoms with Crippen LogP contribution in [0.5, 0.6) is 0 Å². The van der Waals surface area contributed by atoms with Crippen molar-refractivity contribution in [3.63, 3.8) is 0 Å². The fraction of sp³-hybridized carbons (Fsp3) is 0.500. The van der Waals surface area contributed by atoms with Gasteiger partial charge < -0.3 is 10.6 Å². The highest BCUT2D eigenvalue weighted by Gasteiger charge is 2.41. The molecule has 1 fully saturated rings. The first-order valence-electron chi connectivity index (χ1n) is 5.51. The Morgan fingerprint density at radius 1 is 1.62 bits per heavy atom. The van der Waals surface area contributed by atoms with Crippen molar-refractivity contribution in [2.45, 2.75) is 31.8 Å². The number of carbonyl (C=O) groups excluding carboxylic acids is 1. The second kappa shape index (κ2) is 3.87. The molecule has 0 saturated carbocycles. The van der Waals surface area contributed by atoms with E-state index in [1.807, 2.05) is 18.7 Å². The number of pyridine rings is 1. The van der Waals surface area contributed by atoms with E-state index in [9.17, 15) is 4.79 Å². The topological polar surface area (TPSA) is 59.2 Å². The van der Waals surface area contributed by atoms with Crippen molar-refractivity contribution in [3.8, 4) is 0 Å². The molecule has 1 amide bonds. The summed E-state index contributed by atoms with van der Waals surface area (Å²) in [6, 6.07) is 3.61. The maximum atomic E-state index is 12.2. The van der Waals surface area contributed by atoms with Gasteiger partial charge >= 0.3 is 0 Å². The monoisotopic (exact) mass is 219 g/mol. The van der Waals surface area contributed by atoms with Crippen LogP contribution in [-0.2, 0) is 0 Å². The molecule has 4 nitrogen and oxygen atoms in total. The minimum atomic E-state index is -0.271. The first kappa shape index (κ1) is 11.1. The number of amides is 1. The number of nitrogens with two attached hydrogens (primary N) is 1. The maximum absolute atomic E-state index is 12.2. The zero-order valence-corrected chi connectivity index (χ0v) is 9.68. The van der Waals surface area contributed by atoms with E-state index in [1.165, 1.54) is 0 Å². The van der Waals surface area contributed by atoms with Gasteiger partial charge in [-0.15, -0.1) is 0 Å². The summed E-state index contributed by atoms with van der Waals surface area (Å²) in [5, 5.41) is 0. The van der Waals surface area contributed by atoms with Gasteiger partial charge in [-0.3, -0.25) is 9.78 Å². The summed E-state index contributed by atoms with van der Waals surface area (Å²) in [6.45, 7) is 4.75. The average molecular weight is 219 g/mol. The number of aromatic nitrogens is 1. The van der Waals surface area contributed by atoms with Crippen molar-refractivity contribution < 1.29 is 4.79 Å². The number of hydrogen-bond donors (Lipinski definition) is 1. The Kier molecular flexibility index (Phi) is 2.68. The number of rotatable bonds is 1. The number of carbonyl (C=O) groups is 1. The predicted octanol–water partition coefficient (Wildman–Crippen LogP) is 1.03. The van der Waals surface area contributed by atoms with E-state index in [1.54, 1.807) is 24.5 Å². The van der Waals surface area contributed by atoms with E-state index in [0.29, 0.717) is 5.56 Å². The highest BCUT2D eigenvalue weighted by atomic mass is 16.2. The minimum Gasteiger partial charge on any atom is -0.332 e. The van der Waals surface area contributed by atoms with Crippen LogP contribution < -0.4 is 5.73 Å². The molecule has 1 aliphatic heterocycles. The van der Waals surface area contributed by atoms with Crippen molar-refractivity contribution in [1.29, 1.82) is 0 Å². The normalized spacial score (nSPS) is 23.4. The first-order chi connectivity index (χ1) is 7.53. The largest absolute Gasteiger partial charge is 0.332 e. The van der Waals surface area contributed by atoms with Gasteiger partial charge in [-0.1, -0.05) is 0 Å². The fourth-order valence-corrected chi connectivity index (χ4v) is 2.12. The van der Waals surface area contributed by atoms with Crippen molar-refractivity contribution in [1.82, 2.24) is 9.88 Å². The molecule has 16 heavy (non-hydrogen) atoms. The van der Waals surface area contributed by atoms with E-state index in [-0.39, 0.29) is 17.5 Å². The molecule has 1 atom stereocenters. The lowest BCUT2D eigenvalue weighted by Gasteiger charge is -2.34. The van der Waals surface area contributed by atoms with Crippen LogP contribution in [0.15, 0.2) is 24.5 Å². The minimum absolute atomic E-state index is 0.0195. The molecule has 4 heteroatoms. The zero-order valence-electron chi connectivity index (χ0n) is 9.68. The molecule has 1 aliphatic rings. The molecule has 1 aromatic rings. The van der Waals surface area contributed by atoms with Crippen molar-refractivity contribution in [3.05, 3.63) is 30.1 Å². The van der Waals surface area contributed by atoms with Gasteiger partial charge in [-0.05, 0) is 32.4 Å². The number of likely N-dealkylation sites (tertiary alicyclic amines) is 1.